The van der Waals surface area contributed by atoms with Gasteiger partial charge in [-0.1, -0.05) is 29.8 Å². The molecule has 2 rings (SSSR count). The van der Waals surface area contributed by atoms with Gasteiger partial charge in [0.25, 0.3) is 0 Å². The SMILES string of the molecule is Cc1ccc(C(CO)N2C=CN(C)C=CC2)cc1. The van der Waals surface area contributed by atoms with Gasteiger partial charge < -0.3 is 14.9 Å². The largest absolute Gasteiger partial charge is 0.394 e. The van der Waals surface area contributed by atoms with E-state index in [1.54, 1.807) is 0 Å². The number of hydrogen-bond donors (Lipinski definition) is 1. The van der Waals surface area contributed by atoms with Crippen molar-refractivity contribution < 1.29 is 5.11 Å². The van der Waals surface area contributed by atoms with Crippen LogP contribution in [0.1, 0.15) is 17.2 Å². The van der Waals surface area contributed by atoms with E-state index in [1.807, 2.05) is 30.5 Å². The summed E-state index contributed by atoms with van der Waals surface area (Å²) in [6.07, 6.45) is 8.15. The first-order valence-corrected chi connectivity index (χ1v) is 6.21. The van der Waals surface area contributed by atoms with Gasteiger partial charge in [0, 0.05) is 32.2 Å². The monoisotopic (exact) mass is 244 g/mol. The molecule has 1 atom stereocenters. The fourth-order valence-electron chi connectivity index (χ4n) is 2.06. The number of aryl methyl sites for hydroxylation is 1. The molecule has 18 heavy (non-hydrogen) atoms. The Bertz CT molecular complexity index is 436. The predicted octanol–water partition coefficient (Wildman–Crippen LogP) is 2.26. The molecule has 3 heteroatoms. The van der Waals surface area contributed by atoms with Gasteiger partial charge in [0.2, 0.25) is 0 Å². The highest BCUT2D eigenvalue weighted by Gasteiger charge is 2.16. The molecule has 0 saturated heterocycles. The maximum Gasteiger partial charge on any atom is 0.0772 e. The Hall–Kier alpha value is -1.74. The third kappa shape index (κ3) is 2.93. The molecule has 0 aromatic heterocycles. The second-order valence-electron chi connectivity index (χ2n) is 4.65. The lowest BCUT2D eigenvalue weighted by Gasteiger charge is -2.28. The lowest BCUT2D eigenvalue weighted by atomic mass is 10.0. The van der Waals surface area contributed by atoms with Crippen LogP contribution in [0, 0.1) is 6.92 Å². The van der Waals surface area contributed by atoms with Crippen molar-refractivity contribution in [1.29, 1.82) is 0 Å². The second-order valence-corrected chi connectivity index (χ2v) is 4.65. The van der Waals surface area contributed by atoms with Crippen LogP contribution in [0.5, 0.6) is 0 Å². The van der Waals surface area contributed by atoms with Gasteiger partial charge in [-0.25, -0.2) is 0 Å². The van der Waals surface area contributed by atoms with E-state index in [4.69, 9.17) is 0 Å². The summed E-state index contributed by atoms with van der Waals surface area (Å²) in [5, 5.41) is 9.65. The third-order valence-corrected chi connectivity index (χ3v) is 3.19. The van der Waals surface area contributed by atoms with Crippen LogP contribution in [0.25, 0.3) is 0 Å². The lowest BCUT2D eigenvalue weighted by molar-refractivity contribution is 0.174. The van der Waals surface area contributed by atoms with E-state index in [0.29, 0.717) is 0 Å². The summed E-state index contributed by atoms with van der Waals surface area (Å²) in [6.45, 7) is 2.99. The topological polar surface area (TPSA) is 26.7 Å². The van der Waals surface area contributed by atoms with Crippen LogP contribution < -0.4 is 0 Å². The molecule has 0 aliphatic carbocycles. The van der Waals surface area contributed by atoms with Gasteiger partial charge in [0.05, 0.1) is 12.6 Å². The number of nitrogens with zero attached hydrogens (tertiary/aromatic N) is 2. The summed E-state index contributed by atoms with van der Waals surface area (Å²) in [7, 11) is 2.00. The first kappa shape index (κ1) is 12.7. The molecule has 1 aromatic carbocycles. The van der Waals surface area contributed by atoms with Crippen LogP contribution in [0.4, 0.5) is 0 Å². The number of aliphatic hydroxyl groups is 1. The Balaban J connectivity index is 2.20. The minimum atomic E-state index is 0.0120. The predicted molar refractivity (Wildman–Crippen MR) is 73.8 cm³/mol. The first-order valence-electron chi connectivity index (χ1n) is 6.21. The van der Waals surface area contributed by atoms with Crippen molar-refractivity contribution in [3.05, 3.63) is 60.1 Å². The van der Waals surface area contributed by atoms with Crippen LogP contribution in [-0.4, -0.2) is 35.1 Å². The summed E-state index contributed by atoms with van der Waals surface area (Å²) < 4.78 is 0. The quantitative estimate of drug-likeness (QED) is 0.883. The minimum absolute atomic E-state index is 0.0120. The van der Waals surface area contributed by atoms with Crippen molar-refractivity contribution in [1.82, 2.24) is 9.80 Å². The molecule has 0 saturated carbocycles. The van der Waals surface area contributed by atoms with E-state index in [9.17, 15) is 5.11 Å². The zero-order valence-corrected chi connectivity index (χ0v) is 11.0. The zero-order valence-electron chi connectivity index (χ0n) is 11.0. The van der Waals surface area contributed by atoms with Gasteiger partial charge in [0.1, 0.15) is 0 Å². The van der Waals surface area contributed by atoms with E-state index in [0.717, 1.165) is 12.1 Å². The van der Waals surface area contributed by atoms with Crippen molar-refractivity contribution in [2.45, 2.75) is 13.0 Å². The molecule has 0 spiro atoms. The molecule has 0 fully saturated rings. The van der Waals surface area contributed by atoms with Crippen LogP contribution in [0.3, 0.4) is 0 Å². The fourth-order valence-corrected chi connectivity index (χ4v) is 2.06. The highest BCUT2D eigenvalue weighted by atomic mass is 16.3. The summed E-state index contributed by atoms with van der Waals surface area (Å²) >= 11 is 0. The lowest BCUT2D eigenvalue weighted by Crippen LogP contribution is -2.26. The van der Waals surface area contributed by atoms with Crippen molar-refractivity contribution in [2.75, 3.05) is 20.2 Å². The minimum Gasteiger partial charge on any atom is -0.394 e. The average Bonchev–Trinajstić information content (AvgIpc) is 2.58. The van der Waals surface area contributed by atoms with E-state index < -0.39 is 0 Å². The molecular formula is C15H20N2O. The highest BCUT2D eigenvalue weighted by Crippen LogP contribution is 2.22. The number of aliphatic hydroxyl groups excluding tert-OH is 1. The molecule has 1 aromatic rings. The normalized spacial score (nSPS) is 16.8. The first-order chi connectivity index (χ1) is 8.70. The smallest absolute Gasteiger partial charge is 0.0772 e. The Morgan fingerprint density at radius 3 is 2.56 bits per heavy atom. The van der Waals surface area contributed by atoms with E-state index in [1.165, 1.54) is 5.56 Å². The molecule has 1 heterocycles. The highest BCUT2D eigenvalue weighted by molar-refractivity contribution is 5.25. The molecule has 0 amide bonds. The summed E-state index contributed by atoms with van der Waals surface area (Å²) in [5.74, 6) is 0. The van der Waals surface area contributed by atoms with Crippen molar-refractivity contribution in [2.24, 2.45) is 0 Å². The van der Waals surface area contributed by atoms with Crippen LogP contribution in [0.2, 0.25) is 0 Å². The molecule has 1 aliphatic heterocycles. The summed E-state index contributed by atoms with van der Waals surface area (Å²) in [5.41, 5.74) is 2.38. The van der Waals surface area contributed by atoms with Gasteiger partial charge in [-0.05, 0) is 18.6 Å². The van der Waals surface area contributed by atoms with Crippen molar-refractivity contribution in [3.63, 3.8) is 0 Å². The molecule has 3 nitrogen and oxygen atoms in total. The van der Waals surface area contributed by atoms with Crippen LogP contribution in [-0.2, 0) is 0 Å². The molecule has 1 N–H and O–H groups in total. The second kappa shape index (κ2) is 5.74. The summed E-state index contributed by atoms with van der Waals surface area (Å²) in [4.78, 5) is 4.15. The maximum absolute atomic E-state index is 9.65. The van der Waals surface area contributed by atoms with Gasteiger partial charge >= 0.3 is 0 Å². The number of rotatable bonds is 3. The Kier molecular flexibility index (Phi) is 4.05. The third-order valence-electron chi connectivity index (χ3n) is 3.19. The van der Waals surface area contributed by atoms with Crippen molar-refractivity contribution in [3.8, 4) is 0 Å². The van der Waals surface area contributed by atoms with Gasteiger partial charge in [-0.3, -0.25) is 0 Å². The number of hydrogen-bond acceptors (Lipinski definition) is 3. The van der Waals surface area contributed by atoms with E-state index in [2.05, 4.69) is 42.2 Å². The standard InChI is InChI=1S/C15H20N2O/c1-13-4-6-14(7-5-13)15(12-18)17-9-3-8-16(2)10-11-17/h3-8,10-11,15,18H,9,12H2,1-2H3. The fraction of sp³-hybridized carbons (Fsp3) is 0.333. The maximum atomic E-state index is 9.65. The van der Waals surface area contributed by atoms with E-state index in [-0.39, 0.29) is 12.6 Å². The molecule has 0 bridgehead atoms. The molecule has 0 radical (unpaired) electrons. The summed E-state index contributed by atoms with van der Waals surface area (Å²) in [6, 6.07) is 8.35. The molecule has 1 aliphatic rings. The van der Waals surface area contributed by atoms with Gasteiger partial charge in [-0.15, -0.1) is 0 Å². The Labute approximate surface area is 109 Å². The van der Waals surface area contributed by atoms with Crippen molar-refractivity contribution >= 4 is 0 Å². The Morgan fingerprint density at radius 2 is 1.89 bits per heavy atom. The molecule has 96 valence electrons. The van der Waals surface area contributed by atoms with Gasteiger partial charge in [-0.2, -0.15) is 0 Å². The van der Waals surface area contributed by atoms with Gasteiger partial charge in [0.15, 0.2) is 0 Å². The van der Waals surface area contributed by atoms with Crippen LogP contribution in [0.15, 0.2) is 48.9 Å². The van der Waals surface area contributed by atoms with Crippen LogP contribution >= 0.6 is 0 Å². The molecular weight excluding hydrogens is 224 g/mol. The zero-order chi connectivity index (χ0) is 13.0. The molecule has 1 unspecified atom stereocenters. The Morgan fingerprint density at radius 1 is 1.17 bits per heavy atom. The number of benzene rings is 1. The van der Waals surface area contributed by atoms with E-state index >= 15 is 0 Å². The average molecular weight is 244 g/mol.